The Morgan fingerprint density at radius 3 is 2.74 bits per heavy atom. The molecular formula is C15H23N3O. The maximum Gasteiger partial charge on any atom is 0.142 e. The molecule has 0 N–H and O–H groups in total. The highest BCUT2D eigenvalue weighted by Crippen LogP contribution is 2.18. The third-order valence-electron chi connectivity index (χ3n) is 3.72. The summed E-state index contributed by atoms with van der Waals surface area (Å²) in [5.74, 6) is 0.936. The van der Waals surface area contributed by atoms with Gasteiger partial charge in [-0.15, -0.1) is 0 Å². The molecule has 0 unspecified atom stereocenters. The van der Waals surface area contributed by atoms with Gasteiger partial charge in [0.2, 0.25) is 0 Å². The van der Waals surface area contributed by atoms with Crippen LogP contribution in [0.4, 0.5) is 0 Å². The van der Waals surface area contributed by atoms with Crippen molar-refractivity contribution in [1.82, 2.24) is 14.9 Å². The summed E-state index contributed by atoms with van der Waals surface area (Å²) in [6, 6.07) is 0.551. The van der Waals surface area contributed by atoms with Crippen LogP contribution in [0.15, 0.2) is 6.20 Å². The zero-order valence-electron chi connectivity index (χ0n) is 12.3. The first-order chi connectivity index (χ1) is 8.97. The fourth-order valence-electron chi connectivity index (χ4n) is 2.27. The molecule has 1 aromatic rings. The molecule has 1 aliphatic heterocycles. The van der Waals surface area contributed by atoms with E-state index in [1.807, 2.05) is 20.0 Å². The van der Waals surface area contributed by atoms with Crippen molar-refractivity contribution in [3.8, 4) is 0 Å². The first-order valence-corrected chi connectivity index (χ1v) is 7.07. The molecule has 0 spiro atoms. The lowest BCUT2D eigenvalue weighted by Gasteiger charge is -2.31. The van der Waals surface area contributed by atoms with Crippen molar-refractivity contribution >= 4 is 5.78 Å². The summed E-state index contributed by atoms with van der Waals surface area (Å²) in [5.41, 5.74) is 2.33. The van der Waals surface area contributed by atoms with Gasteiger partial charge in [-0.05, 0) is 13.8 Å². The SMILES string of the molecule is CC(C)C(=O)Cc1ncc2c(n1)CCN(C(C)C)C2. The molecule has 0 saturated heterocycles. The van der Waals surface area contributed by atoms with Gasteiger partial charge in [-0.1, -0.05) is 13.8 Å². The Labute approximate surface area is 115 Å². The van der Waals surface area contributed by atoms with Crippen LogP contribution in [0.2, 0.25) is 0 Å². The lowest BCUT2D eigenvalue weighted by atomic mass is 10.0. The minimum Gasteiger partial charge on any atom is -0.299 e. The van der Waals surface area contributed by atoms with Gasteiger partial charge in [0.25, 0.3) is 0 Å². The average Bonchev–Trinajstić information content (AvgIpc) is 2.37. The molecule has 4 nitrogen and oxygen atoms in total. The monoisotopic (exact) mass is 261 g/mol. The lowest BCUT2D eigenvalue weighted by Crippen LogP contribution is -2.36. The summed E-state index contributed by atoms with van der Waals surface area (Å²) in [6.45, 7) is 10.2. The minimum atomic E-state index is 0.0519. The van der Waals surface area contributed by atoms with Gasteiger partial charge in [-0.2, -0.15) is 0 Å². The molecule has 1 aliphatic rings. The van der Waals surface area contributed by atoms with Crippen molar-refractivity contribution in [2.24, 2.45) is 5.92 Å². The molecule has 0 bridgehead atoms. The standard InChI is InChI=1S/C15H23N3O/c1-10(2)14(19)7-15-16-8-12-9-18(11(3)4)6-5-13(12)17-15/h8,10-11H,5-7,9H2,1-4H3. The van der Waals surface area contributed by atoms with E-state index >= 15 is 0 Å². The van der Waals surface area contributed by atoms with E-state index in [1.165, 1.54) is 5.56 Å². The van der Waals surface area contributed by atoms with E-state index in [0.717, 1.165) is 25.2 Å². The molecule has 0 aliphatic carbocycles. The Balaban J connectivity index is 2.11. The minimum absolute atomic E-state index is 0.0519. The molecule has 0 fully saturated rings. The predicted octanol–water partition coefficient (Wildman–Crippen LogP) is 2.01. The molecule has 0 aromatic carbocycles. The van der Waals surface area contributed by atoms with Crippen molar-refractivity contribution in [3.05, 3.63) is 23.3 Å². The molecule has 0 atom stereocenters. The van der Waals surface area contributed by atoms with Crippen LogP contribution in [0, 0.1) is 5.92 Å². The quantitative estimate of drug-likeness (QED) is 0.832. The van der Waals surface area contributed by atoms with Crippen molar-refractivity contribution < 1.29 is 4.79 Å². The van der Waals surface area contributed by atoms with Crippen LogP contribution in [0.1, 0.15) is 44.8 Å². The third kappa shape index (κ3) is 3.38. The molecule has 2 heterocycles. The average molecular weight is 261 g/mol. The molecule has 104 valence electrons. The van der Waals surface area contributed by atoms with Crippen LogP contribution in [-0.4, -0.2) is 33.2 Å². The number of hydrogen-bond donors (Lipinski definition) is 0. The van der Waals surface area contributed by atoms with Crippen LogP contribution >= 0.6 is 0 Å². The number of nitrogens with zero attached hydrogens (tertiary/aromatic N) is 3. The highest BCUT2D eigenvalue weighted by atomic mass is 16.1. The van der Waals surface area contributed by atoms with Gasteiger partial charge in [-0.3, -0.25) is 9.69 Å². The third-order valence-corrected chi connectivity index (χ3v) is 3.72. The summed E-state index contributed by atoms with van der Waals surface area (Å²) in [5, 5.41) is 0. The summed E-state index contributed by atoms with van der Waals surface area (Å²) in [6.07, 6.45) is 3.22. The molecule has 2 rings (SSSR count). The molecule has 4 heteroatoms. The molecule has 0 radical (unpaired) electrons. The maximum atomic E-state index is 11.7. The van der Waals surface area contributed by atoms with Gasteiger partial charge in [0.15, 0.2) is 0 Å². The van der Waals surface area contributed by atoms with E-state index in [9.17, 15) is 4.79 Å². The number of Topliss-reactive ketones (excluding diaryl/α,β-unsaturated/α-hetero) is 1. The van der Waals surface area contributed by atoms with E-state index in [-0.39, 0.29) is 11.7 Å². The summed E-state index contributed by atoms with van der Waals surface area (Å²) < 4.78 is 0. The number of carbonyl (C=O) groups excluding carboxylic acids is 1. The Kier molecular flexibility index (Phi) is 4.30. The van der Waals surface area contributed by atoms with Crippen LogP contribution in [0.25, 0.3) is 0 Å². The van der Waals surface area contributed by atoms with Crippen molar-refractivity contribution in [2.75, 3.05) is 6.54 Å². The summed E-state index contributed by atoms with van der Waals surface area (Å²) in [7, 11) is 0. The normalized spacial score (nSPS) is 15.9. The number of rotatable bonds is 4. The highest BCUT2D eigenvalue weighted by molar-refractivity contribution is 5.81. The highest BCUT2D eigenvalue weighted by Gasteiger charge is 2.20. The number of ketones is 1. The number of aromatic nitrogens is 2. The Hall–Kier alpha value is -1.29. The molecule has 0 amide bonds. The Morgan fingerprint density at radius 2 is 2.11 bits per heavy atom. The van der Waals surface area contributed by atoms with Gasteiger partial charge in [-0.25, -0.2) is 9.97 Å². The maximum absolute atomic E-state index is 11.7. The predicted molar refractivity (Wildman–Crippen MR) is 74.8 cm³/mol. The Bertz CT molecular complexity index is 468. The largest absolute Gasteiger partial charge is 0.299 e. The van der Waals surface area contributed by atoms with Crippen LogP contribution in [0.5, 0.6) is 0 Å². The Morgan fingerprint density at radius 1 is 1.37 bits per heavy atom. The van der Waals surface area contributed by atoms with Crippen molar-refractivity contribution in [1.29, 1.82) is 0 Å². The molecule has 19 heavy (non-hydrogen) atoms. The second-order valence-corrected chi connectivity index (χ2v) is 5.87. The van der Waals surface area contributed by atoms with Crippen LogP contribution in [0.3, 0.4) is 0 Å². The van der Waals surface area contributed by atoms with Crippen molar-refractivity contribution in [3.63, 3.8) is 0 Å². The second kappa shape index (κ2) is 5.78. The zero-order chi connectivity index (χ0) is 14.0. The topological polar surface area (TPSA) is 46.1 Å². The first kappa shape index (κ1) is 14.1. The number of fused-ring (bicyclic) bond motifs is 1. The zero-order valence-corrected chi connectivity index (χ0v) is 12.3. The van der Waals surface area contributed by atoms with E-state index in [0.29, 0.717) is 18.3 Å². The fourth-order valence-corrected chi connectivity index (χ4v) is 2.27. The van der Waals surface area contributed by atoms with Gasteiger partial charge in [0.1, 0.15) is 11.6 Å². The van der Waals surface area contributed by atoms with E-state index in [4.69, 9.17) is 0 Å². The van der Waals surface area contributed by atoms with Crippen LogP contribution in [-0.2, 0) is 24.2 Å². The molecule has 0 saturated carbocycles. The van der Waals surface area contributed by atoms with Gasteiger partial charge in [0.05, 0.1) is 6.42 Å². The van der Waals surface area contributed by atoms with Crippen LogP contribution < -0.4 is 0 Å². The smallest absolute Gasteiger partial charge is 0.142 e. The van der Waals surface area contributed by atoms with Crippen molar-refractivity contribution in [2.45, 2.75) is 53.1 Å². The van der Waals surface area contributed by atoms with E-state index in [1.54, 1.807) is 0 Å². The number of carbonyl (C=O) groups is 1. The van der Waals surface area contributed by atoms with Gasteiger partial charge in [0, 0.05) is 48.9 Å². The van der Waals surface area contributed by atoms with Gasteiger partial charge < -0.3 is 0 Å². The fraction of sp³-hybridized carbons (Fsp3) is 0.667. The second-order valence-electron chi connectivity index (χ2n) is 5.87. The summed E-state index contributed by atoms with van der Waals surface area (Å²) >= 11 is 0. The lowest BCUT2D eigenvalue weighted by molar-refractivity contribution is -0.121. The van der Waals surface area contributed by atoms with Gasteiger partial charge >= 0.3 is 0 Å². The number of hydrogen-bond acceptors (Lipinski definition) is 4. The first-order valence-electron chi connectivity index (χ1n) is 7.07. The molecule has 1 aromatic heterocycles. The molecular weight excluding hydrogens is 238 g/mol. The van der Waals surface area contributed by atoms with E-state index < -0.39 is 0 Å². The summed E-state index contributed by atoms with van der Waals surface area (Å²) in [4.78, 5) is 23.1. The van der Waals surface area contributed by atoms with E-state index in [2.05, 4.69) is 28.7 Å².